The lowest BCUT2D eigenvalue weighted by atomic mass is 10.1. The highest BCUT2D eigenvalue weighted by atomic mass is 16.2. The van der Waals surface area contributed by atoms with Crippen molar-refractivity contribution in [3.05, 3.63) is 120 Å². The highest BCUT2D eigenvalue weighted by Gasteiger charge is 2.23. The number of anilines is 1. The van der Waals surface area contributed by atoms with E-state index in [2.05, 4.69) is 62.7 Å². The molecule has 2 heterocycles. The average Bonchev–Trinajstić information content (AvgIpc) is 3.42. The minimum Gasteiger partial charge on any atom is -0.324 e. The van der Waals surface area contributed by atoms with Crippen LogP contribution in [-0.4, -0.2) is 51.7 Å². The first-order valence-corrected chi connectivity index (χ1v) is 12.2. The van der Waals surface area contributed by atoms with Gasteiger partial charge in [0.25, 0.3) is 5.91 Å². The summed E-state index contributed by atoms with van der Waals surface area (Å²) in [4.78, 5) is 18.2. The van der Waals surface area contributed by atoms with E-state index in [4.69, 9.17) is 0 Å². The van der Waals surface area contributed by atoms with Gasteiger partial charge in [0.05, 0.1) is 0 Å². The minimum absolute atomic E-state index is 0.109. The second kappa shape index (κ2) is 11.1. The molecule has 1 fully saturated rings. The molecule has 6 nitrogen and oxygen atoms in total. The molecule has 1 N–H and O–H groups in total. The average molecular weight is 466 g/mol. The Bertz CT molecular complexity index is 1190. The SMILES string of the molecule is O=C(Nc1ccc(CN2CCN(Cc3ccccc3)CC2)cc1)C(c1ccccc1)n1cccn1. The van der Waals surface area contributed by atoms with E-state index < -0.39 is 6.04 Å². The maximum atomic E-state index is 13.2. The van der Waals surface area contributed by atoms with Gasteiger partial charge in [-0.05, 0) is 34.9 Å². The molecule has 178 valence electrons. The van der Waals surface area contributed by atoms with Gasteiger partial charge in [-0.2, -0.15) is 5.10 Å². The molecule has 1 atom stereocenters. The summed E-state index contributed by atoms with van der Waals surface area (Å²) in [6, 6.07) is 29.9. The van der Waals surface area contributed by atoms with Crippen LogP contribution in [0.1, 0.15) is 22.7 Å². The van der Waals surface area contributed by atoms with E-state index in [-0.39, 0.29) is 5.91 Å². The number of carbonyl (C=O) groups is 1. The van der Waals surface area contributed by atoms with Gasteiger partial charge in [-0.25, -0.2) is 0 Å². The first-order valence-electron chi connectivity index (χ1n) is 12.2. The molecule has 1 saturated heterocycles. The molecule has 1 aromatic heterocycles. The molecule has 0 radical (unpaired) electrons. The van der Waals surface area contributed by atoms with Crippen molar-refractivity contribution in [3.8, 4) is 0 Å². The molecule has 6 heteroatoms. The zero-order valence-electron chi connectivity index (χ0n) is 19.8. The molecule has 0 saturated carbocycles. The van der Waals surface area contributed by atoms with E-state index in [1.165, 1.54) is 11.1 Å². The molecule has 0 spiro atoms. The Morgan fingerprint density at radius 1 is 0.743 bits per heavy atom. The van der Waals surface area contributed by atoms with Crippen molar-refractivity contribution in [2.75, 3.05) is 31.5 Å². The summed E-state index contributed by atoms with van der Waals surface area (Å²) in [5.74, 6) is -0.109. The number of nitrogens with one attached hydrogen (secondary N) is 1. The number of nitrogens with zero attached hydrogens (tertiary/aromatic N) is 4. The number of benzene rings is 3. The second-order valence-corrected chi connectivity index (χ2v) is 9.02. The van der Waals surface area contributed by atoms with E-state index >= 15 is 0 Å². The molecular weight excluding hydrogens is 434 g/mol. The number of aromatic nitrogens is 2. The molecule has 1 aliphatic heterocycles. The van der Waals surface area contributed by atoms with Gasteiger partial charge in [0.1, 0.15) is 0 Å². The fourth-order valence-electron chi connectivity index (χ4n) is 4.60. The van der Waals surface area contributed by atoms with Gasteiger partial charge in [0, 0.05) is 57.3 Å². The maximum Gasteiger partial charge on any atom is 0.253 e. The lowest BCUT2D eigenvalue weighted by Crippen LogP contribution is -2.45. The van der Waals surface area contributed by atoms with E-state index in [1.807, 2.05) is 54.7 Å². The third-order valence-electron chi connectivity index (χ3n) is 6.49. The number of amides is 1. The molecule has 3 aromatic carbocycles. The van der Waals surface area contributed by atoms with Crippen molar-refractivity contribution >= 4 is 11.6 Å². The Labute approximate surface area is 206 Å². The smallest absolute Gasteiger partial charge is 0.253 e. The number of piperazine rings is 1. The number of hydrogen-bond donors (Lipinski definition) is 1. The van der Waals surface area contributed by atoms with Crippen molar-refractivity contribution in [3.63, 3.8) is 0 Å². The Morgan fingerprint density at radius 3 is 1.89 bits per heavy atom. The van der Waals surface area contributed by atoms with Crippen molar-refractivity contribution in [2.45, 2.75) is 19.1 Å². The molecule has 4 aromatic rings. The van der Waals surface area contributed by atoms with Crippen LogP contribution in [0.25, 0.3) is 0 Å². The summed E-state index contributed by atoms with van der Waals surface area (Å²) < 4.78 is 1.69. The van der Waals surface area contributed by atoms with Gasteiger partial charge in [-0.3, -0.25) is 19.3 Å². The normalized spacial score (nSPS) is 15.5. The van der Waals surface area contributed by atoms with Crippen molar-refractivity contribution in [2.24, 2.45) is 0 Å². The maximum absolute atomic E-state index is 13.2. The fourth-order valence-corrected chi connectivity index (χ4v) is 4.60. The topological polar surface area (TPSA) is 53.4 Å². The molecule has 1 amide bonds. The molecule has 0 bridgehead atoms. The highest BCUT2D eigenvalue weighted by molar-refractivity contribution is 5.95. The third kappa shape index (κ3) is 6.04. The Morgan fingerprint density at radius 2 is 1.31 bits per heavy atom. The van der Waals surface area contributed by atoms with Gasteiger partial charge >= 0.3 is 0 Å². The highest BCUT2D eigenvalue weighted by Crippen LogP contribution is 2.21. The third-order valence-corrected chi connectivity index (χ3v) is 6.49. The van der Waals surface area contributed by atoms with Crippen LogP contribution in [0.4, 0.5) is 5.69 Å². The summed E-state index contributed by atoms with van der Waals surface area (Å²) in [5, 5.41) is 7.38. The molecule has 5 rings (SSSR count). The Balaban J connectivity index is 1.15. The number of rotatable bonds is 8. The predicted octanol–water partition coefficient (Wildman–Crippen LogP) is 4.43. The zero-order valence-corrected chi connectivity index (χ0v) is 19.8. The van der Waals surface area contributed by atoms with Crippen molar-refractivity contribution in [1.82, 2.24) is 19.6 Å². The minimum atomic E-state index is -0.516. The predicted molar refractivity (Wildman–Crippen MR) is 139 cm³/mol. The zero-order chi connectivity index (χ0) is 23.9. The summed E-state index contributed by atoms with van der Waals surface area (Å²) in [7, 11) is 0. The standard InChI is InChI=1S/C29H31N5O/c35-29(28(34-17-7-16-30-34)26-10-5-2-6-11-26)31-27-14-12-25(13-15-27)23-33-20-18-32(19-21-33)22-24-8-3-1-4-9-24/h1-17,28H,18-23H2,(H,31,35). The van der Waals surface area contributed by atoms with Gasteiger partial charge in [-0.1, -0.05) is 72.8 Å². The summed E-state index contributed by atoms with van der Waals surface area (Å²) in [6.45, 7) is 6.23. The lowest BCUT2D eigenvalue weighted by Gasteiger charge is -2.34. The molecule has 1 unspecified atom stereocenters. The van der Waals surface area contributed by atoms with Crippen LogP contribution in [0, 0.1) is 0 Å². The molecular formula is C29H31N5O. The molecule has 1 aliphatic rings. The number of carbonyl (C=O) groups excluding carboxylic acids is 1. The van der Waals surface area contributed by atoms with Gasteiger partial charge in [0.2, 0.25) is 0 Å². The number of hydrogen-bond acceptors (Lipinski definition) is 4. The van der Waals surface area contributed by atoms with Crippen LogP contribution in [0.3, 0.4) is 0 Å². The summed E-state index contributed by atoms with van der Waals surface area (Å²) >= 11 is 0. The molecule has 0 aliphatic carbocycles. The largest absolute Gasteiger partial charge is 0.324 e. The van der Waals surface area contributed by atoms with Crippen LogP contribution < -0.4 is 5.32 Å². The Kier molecular flexibility index (Phi) is 7.32. The van der Waals surface area contributed by atoms with Crippen LogP contribution in [0.15, 0.2) is 103 Å². The fraction of sp³-hybridized carbons (Fsp3) is 0.241. The monoisotopic (exact) mass is 465 g/mol. The van der Waals surface area contributed by atoms with Crippen LogP contribution >= 0.6 is 0 Å². The Hall–Kier alpha value is -3.74. The van der Waals surface area contributed by atoms with E-state index in [1.54, 1.807) is 10.9 Å². The van der Waals surface area contributed by atoms with E-state index in [0.717, 1.165) is 50.5 Å². The van der Waals surface area contributed by atoms with Crippen molar-refractivity contribution in [1.29, 1.82) is 0 Å². The summed E-state index contributed by atoms with van der Waals surface area (Å²) in [5.41, 5.74) is 4.32. The van der Waals surface area contributed by atoms with Gasteiger partial charge in [-0.15, -0.1) is 0 Å². The van der Waals surface area contributed by atoms with Crippen LogP contribution in [-0.2, 0) is 17.9 Å². The van der Waals surface area contributed by atoms with Gasteiger partial charge in [0.15, 0.2) is 6.04 Å². The van der Waals surface area contributed by atoms with Crippen LogP contribution in [0.5, 0.6) is 0 Å². The van der Waals surface area contributed by atoms with Gasteiger partial charge < -0.3 is 5.32 Å². The first-order chi connectivity index (χ1) is 17.2. The lowest BCUT2D eigenvalue weighted by molar-refractivity contribution is -0.118. The van der Waals surface area contributed by atoms with Crippen molar-refractivity contribution < 1.29 is 4.79 Å². The van der Waals surface area contributed by atoms with E-state index in [9.17, 15) is 4.79 Å². The second-order valence-electron chi connectivity index (χ2n) is 9.02. The quantitative estimate of drug-likeness (QED) is 0.418. The van der Waals surface area contributed by atoms with Crippen LogP contribution in [0.2, 0.25) is 0 Å². The summed E-state index contributed by atoms with van der Waals surface area (Å²) in [6.07, 6.45) is 3.51. The molecule has 35 heavy (non-hydrogen) atoms. The first kappa shape index (κ1) is 23.0. The van der Waals surface area contributed by atoms with E-state index in [0.29, 0.717) is 0 Å².